The lowest BCUT2D eigenvalue weighted by atomic mass is 10.0. The van der Waals surface area contributed by atoms with E-state index >= 15 is 0 Å². The summed E-state index contributed by atoms with van der Waals surface area (Å²) in [4.78, 5) is 28.5. The zero-order valence-corrected chi connectivity index (χ0v) is 17.5. The lowest BCUT2D eigenvalue weighted by molar-refractivity contribution is 0.373. The van der Waals surface area contributed by atoms with Crippen molar-refractivity contribution < 1.29 is 14.3 Å². The Morgan fingerprint density at radius 2 is 1.90 bits per heavy atom. The number of furan rings is 1. The first kappa shape index (κ1) is 19.0. The minimum Gasteiger partial charge on any atom is -0.504 e. The Kier molecular flexibility index (Phi) is 4.01. The summed E-state index contributed by atoms with van der Waals surface area (Å²) in [5.74, 6) is 0.270. The van der Waals surface area contributed by atoms with E-state index in [1.54, 1.807) is 29.8 Å². The molecular formula is C23H21N3O5. The number of methoxy groups -OCH3 is 1. The smallest absolute Gasteiger partial charge is 0.274 e. The first-order valence-electron chi connectivity index (χ1n) is 9.91. The van der Waals surface area contributed by atoms with Gasteiger partial charge in [-0.15, -0.1) is 0 Å². The molecule has 0 aliphatic rings. The zero-order chi connectivity index (χ0) is 22.0. The average molecular weight is 419 g/mol. The largest absolute Gasteiger partial charge is 0.504 e. The van der Waals surface area contributed by atoms with Crippen LogP contribution in [-0.2, 0) is 0 Å². The van der Waals surface area contributed by atoms with Crippen LogP contribution in [0.15, 0.2) is 44.3 Å². The molecule has 8 nitrogen and oxygen atoms in total. The molecule has 3 heterocycles. The van der Waals surface area contributed by atoms with Crippen LogP contribution in [0.4, 0.5) is 0 Å². The Labute approximate surface area is 175 Å². The van der Waals surface area contributed by atoms with Gasteiger partial charge in [-0.3, -0.25) is 19.4 Å². The molecular weight excluding hydrogens is 398 g/mol. The third-order valence-corrected chi connectivity index (χ3v) is 5.69. The van der Waals surface area contributed by atoms with Gasteiger partial charge in [-0.05, 0) is 50.6 Å². The molecule has 3 N–H and O–H groups in total. The number of phenols is 1. The molecule has 0 fully saturated rings. The van der Waals surface area contributed by atoms with E-state index < -0.39 is 0 Å². The maximum absolute atomic E-state index is 13.0. The molecule has 0 saturated heterocycles. The van der Waals surface area contributed by atoms with Gasteiger partial charge >= 0.3 is 0 Å². The van der Waals surface area contributed by atoms with E-state index in [-0.39, 0.29) is 22.8 Å². The first-order valence-corrected chi connectivity index (χ1v) is 9.91. The Balaban J connectivity index is 2.04. The number of benzene rings is 2. The van der Waals surface area contributed by atoms with Gasteiger partial charge in [0.1, 0.15) is 11.2 Å². The molecule has 0 saturated carbocycles. The normalized spacial score (nSPS) is 11.9. The van der Waals surface area contributed by atoms with Gasteiger partial charge in [0.2, 0.25) is 0 Å². The number of aromatic nitrogens is 3. The minimum atomic E-state index is -0.283. The molecule has 0 atom stereocenters. The van der Waals surface area contributed by atoms with Gasteiger partial charge < -0.3 is 19.2 Å². The number of aryl methyl sites for hydroxylation is 1. The van der Waals surface area contributed by atoms with Gasteiger partial charge in [0, 0.05) is 22.6 Å². The van der Waals surface area contributed by atoms with Crippen LogP contribution >= 0.6 is 0 Å². The van der Waals surface area contributed by atoms with Gasteiger partial charge in [0.05, 0.1) is 18.0 Å². The number of aromatic amines is 2. The third-order valence-electron chi connectivity index (χ3n) is 5.69. The van der Waals surface area contributed by atoms with Gasteiger partial charge in [-0.2, -0.15) is 0 Å². The summed E-state index contributed by atoms with van der Waals surface area (Å²) < 4.78 is 13.1. The molecule has 5 rings (SSSR count). The molecule has 0 aliphatic carbocycles. The fourth-order valence-electron chi connectivity index (χ4n) is 4.12. The van der Waals surface area contributed by atoms with Crippen LogP contribution in [0.5, 0.6) is 11.5 Å². The molecule has 8 heteroatoms. The van der Waals surface area contributed by atoms with Crippen molar-refractivity contribution in [3.8, 4) is 22.6 Å². The van der Waals surface area contributed by atoms with E-state index in [4.69, 9.17) is 9.15 Å². The van der Waals surface area contributed by atoms with Gasteiger partial charge in [0.25, 0.3) is 5.56 Å². The van der Waals surface area contributed by atoms with Crippen LogP contribution in [0.3, 0.4) is 0 Å². The summed E-state index contributed by atoms with van der Waals surface area (Å²) >= 11 is 0. The fourth-order valence-corrected chi connectivity index (χ4v) is 4.12. The number of aromatic hydroxyl groups is 1. The quantitative estimate of drug-likeness (QED) is 0.406. The Morgan fingerprint density at radius 1 is 1.13 bits per heavy atom. The summed E-state index contributed by atoms with van der Waals surface area (Å²) in [6, 6.07) is 8.16. The van der Waals surface area contributed by atoms with E-state index in [1.165, 1.54) is 19.2 Å². The number of pyridine rings is 1. The number of phenolic OH excluding ortho intramolecular Hbond substituents is 1. The van der Waals surface area contributed by atoms with Crippen LogP contribution in [0.2, 0.25) is 0 Å². The summed E-state index contributed by atoms with van der Waals surface area (Å²) in [6.07, 6.45) is 0. The van der Waals surface area contributed by atoms with Gasteiger partial charge in [-0.1, -0.05) is 6.07 Å². The molecule has 0 amide bonds. The van der Waals surface area contributed by atoms with Crippen molar-refractivity contribution in [3.63, 3.8) is 0 Å². The first-order chi connectivity index (χ1) is 14.8. The molecule has 158 valence electrons. The number of nitrogens with one attached hydrogen (secondary N) is 2. The second-order valence-electron chi connectivity index (χ2n) is 7.89. The molecule has 5 aromatic rings. The van der Waals surface area contributed by atoms with E-state index in [0.29, 0.717) is 50.2 Å². The Hall–Kier alpha value is -3.94. The fraction of sp³-hybridized carbons (Fsp3) is 0.217. The topological polar surface area (TPSA) is 113 Å². The van der Waals surface area contributed by atoms with Crippen LogP contribution < -0.4 is 15.7 Å². The van der Waals surface area contributed by atoms with Crippen molar-refractivity contribution in [1.29, 1.82) is 0 Å². The van der Waals surface area contributed by atoms with E-state index in [9.17, 15) is 14.7 Å². The molecule has 0 unspecified atom stereocenters. The van der Waals surface area contributed by atoms with E-state index in [0.717, 1.165) is 5.39 Å². The highest BCUT2D eigenvalue weighted by Crippen LogP contribution is 2.41. The monoisotopic (exact) mass is 419 g/mol. The van der Waals surface area contributed by atoms with Gasteiger partial charge in [-0.25, -0.2) is 0 Å². The molecule has 31 heavy (non-hydrogen) atoms. The lowest BCUT2D eigenvalue weighted by Crippen LogP contribution is -2.07. The number of hydrogen-bond acceptors (Lipinski definition) is 5. The molecule has 0 radical (unpaired) electrons. The van der Waals surface area contributed by atoms with E-state index in [1.807, 2.05) is 13.8 Å². The Morgan fingerprint density at radius 3 is 2.58 bits per heavy atom. The van der Waals surface area contributed by atoms with Crippen LogP contribution in [-0.4, -0.2) is 27.0 Å². The highest BCUT2D eigenvalue weighted by atomic mass is 16.5. The minimum absolute atomic E-state index is 0.0100. The average Bonchev–Trinajstić information content (AvgIpc) is 3.27. The van der Waals surface area contributed by atoms with Crippen LogP contribution in [0.25, 0.3) is 44.2 Å². The van der Waals surface area contributed by atoms with E-state index in [2.05, 4.69) is 10.1 Å². The summed E-state index contributed by atoms with van der Waals surface area (Å²) in [6.45, 7) is 5.65. The number of H-pyrrole nitrogens is 2. The number of fused-ring (bicyclic) bond motifs is 4. The van der Waals surface area contributed by atoms with Crippen molar-refractivity contribution in [2.45, 2.75) is 26.8 Å². The van der Waals surface area contributed by atoms with Crippen LogP contribution in [0.1, 0.15) is 25.5 Å². The van der Waals surface area contributed by atoms with Crippen molar-refractivity contribution in [2.75, 3.05) is 7.11 Å². The summed E-state index contributed by atoms with van der Waals surface area (Å²) in [5.41, 5.74) is 3.40. The SMILES string of the molecule is COc1ccc(-c2c3oc4c(C)c(=O)ccc4c3[nH]c3c2c(=O)[nH]n3C(C)C)cc1O. The highest BCUT2D eigenvalue weighted by Gasteiger charge is 2.24. The van der Waals surface area contributed by atoms with Crippen molar-refractivity contribution in [2.24, 2.45) is 0 Å². The highest BCUT2D eigenvalue weighted by molar-refractivity contribution is 6.14. The predicted octanol–water partition coefficient (Wildman–Crippen LogP) is 4.19. The number of nitrogens with zero attached hydrogens (tertiary/aromatic N) is 1. The molecule has 0 spiro atoms. The predicted molar refractivity (Wildman–Crippen MR) is 119 cm³/mol. The van der Waals surface area contributed by atoms with Crippen LogP contribution in [0, 0.1) is 6.92 Å². The van der Waals surface area contributed by atoms with Crippen molar-refractivity contribution in [3.05, 3.63) is 56.5 Å². The maximum atomic E-state index is 13.0. The zero-order valence-electron chi connectivity index (χ0n) is 17.5. The summed E-state index contributed by atoms with van der Waals surface area (Å²) in [7, 11) is 1.47. The summed E-state index contributed by atoms with van der Waals surface area (Å²) in [5, 5.41) is 14.4. The Bertz CT molecular complexity index is 1610. The number of ether oxygens (including phenoxy) is 1. The second kappa shape index (κ2) is 6.53. The molecule has 0 bridgehead atoms. The molecule has 2 aromatic carbocycles. The third kappa shape index (κ3) is 2.61. The molecule has 0 aliphatic heterocycles. The number of hydrogen-bond donors (Lipinski definition) is 3. The standard InChI is InChI=1S/C23H21N3O5/c1-10(2)26-22-18(23(29)25-26)17(12-5-8-16(30-4)15(28)9-12)21-19(24-22)13-6-7-14(27)11(3)20(13)31-21/h5-10,24,28H,1-4H3,(H,25,29). The van der Waals surface area contributed by atoms with Crippen molar-refractivity contribution in [1.82, 2.24) is 14.8 Å². The maximum Gasteiger partial charge on any atom is 0.274 e. The number of rotatable bonds is 3. The molecule has 3 aromatic heterocycles. The lowest BCUT2D eigenvalue weighted by Gasteiger charge is -2.11. The second-order valence-corrected chi connectivity index (χ2v) is 7.89. The van der Waals surface area contributed by atoms with Crippen molar-refractivity contribution >= 4 is 33.1 Å². The van der Waals surface area contributed by atoms with Gasteiger partial charge in [0.15, 0.2) is 22.5 Å².